The monoisotopic (exact) mass is 776 g/mol. The number of aromatic nitrogens is 8. The van der Waals surface area contributed by atoms with Gasteiger partial charge >= 0.3 is 18.4 Å². The Morgan fingerprint density at radius 3 is 1.56 bits per heavy atom. The third kappa shape index (κ3) is 10.5. The van der Waals surface area contributed by atoms with Crippen molar-refractivity contribution in [3.63, 3.8) is 0 Å². The third-order valence-corrected chi connectivity index (χ3v) is 7.73. The largest absolute Gasteiger partial charge is 0.484 e. The summed E-state index contributed by atoms with van der Waals surface area (Å²) < 4.78 is 90.9. The molecule has 0 saturated carbocycles. The quantitative estimate of drug-likeness (QED) is 0.0786. The van der Waals surface area contributed by atoms with E-state index in [-0.39, 0.29) is 29.7 Å². The fourth-order valence-electron chi connectivity index (χ4n) is 4.64. The molecule has 0 fully saturated rings. The molecule has 54 heavy (non-hydrogen) atoms. The van der Waals surface area contributed by atoms with Crippen molar-refractivity contribution < 1.29 is 40.6 Å². The molecule has 0 aliphatic heterocycles. The predicted molar refractivity (Wildman–Crippen MR) is 185 cm³/mol. The Balaban J connectivity index is 0.000000208. The zero-order chi connectivity index (χ0) is 38.9. The maximum atomic E-state index is 12.7. The van der Waals surface area contributed by atoms with E-state index < -0.39 is 31.1 Å². The Morgan fingerprint density at radius 2 is 1.13 bits per heavy atom. The number of H-pyrrole nitrogens is 2. The highest BCUT2D eigenvalue weighted by atomic mass is 32.2. The summed E-state index contributed by atoms with van der Waals surface area (Å²) in [5, 5.41) is 13.5. The number of alkyl halides is 6. The van der Waals surface area contributed by atoms with Gasteiger partial charge < -0.3 is 14.2 Å². The molecule has 0 atom stereocenters. The van der Waals surface area contributed by atoms with Crippen molar-refractivity contribution in [2.24, 2.45) is 0 Å². The summed E-state index contributed by atoms with van der Waals surface area (Å²) in [6.07, 6.45) is -2.51. The molecule has 0 unspecified atom stereocenters. The topological polar surface area (TPSA) is 155 Å². The minimum absolute atomic E-state index is 0.0325. The van der Waals surface area contributed by atoms with Gasteiger partial charge in [-0.05, 0) is 61.2 Å². The molecule has 0 saturated heterocycles. The fourth-order valence-corrected chi connectivity index (χ4v) is 5.39. The predicted octanol–water partition coefficient (Wildman–Crippen LogP) is 6.64. The van der Waals surface area contributed by atoms with Crippen molar-refractivity contribution in [3.05, 3.63) is 106 Å². The molecule has 0 aliphatic rings. The second-order valence-electron chi connectivity index (χ2n) is 10.8. The van der Waals surface area contributed by atoms with Gasteiger partial charge in [0.05, 0.1) is 41.8 Å². The number of nitrogens with one attached hydrogen (secondary N) is 2. The van der Waals surface area contributed by atoms with Crippen LogP contribution in [0.2, 0.25) is 0 Å². The van der Waals surface area contributed by atoms with Gasteiger partial charge in [-0.2, -0.15) is 41.5 Å². The normalized spacial score (nSPS) is 11.5. The van der Waals surface area contributed by atoms with Crippen molar-refractivity contribution in [3.8, 4) is 51.4 Å². The van der Waals surface area contributed by atoms with Gasteiger partial charge in [0.2, 0.25) is 0 Å². The lowest BCUT2D eigenvalue weighted by Gasteiger charge is -2.14. The summed E-state index contributed by atoms with van der Waals surface area (Å²) in [6.45, 7) is 1.19. The first-order chi connectivity index (χ1) is 25.7. The average molecular weight is 777 g/mol. The number of hydrogen-bond donors (Lipinski definition) is 2. The van der Waals surface area contributed by atoms with Crippen LogP contribution in [0, 0.1) is 0 Å². The maximum Gasteiger partial charge on any atom is 0.422 e. The second-order valence-corrected chi connectivity index (χ2v) is 12.1. The van der Waals surface area contributed by atoms with Crippen LogP contribution < -0.4 is 25.3 Å². The molecule has 2 aromatic carbocycles. The molecular formula is C34H30F6N8O5S. The molecule has 20 heteroatoms. The Labute approximate surface area is 306 Å². The highest BCUT2D eigenvalue weighted by Crippen LogP contribution is 2.26. The van der Waals surface area contributed by atoms with Gasteiger partial charge in [0.15, 0.2) is 18.4 Å². The standard InChI is InChI=1S/C17H15F3N4O3.C17H15F3N4O2S/c1-2-26-16-23-14(11-8-21-22-9-11)7-15(25)24(16)12-3-5-13(6-4-12)27-10-17(18,19)20;1-2-27-16-23-14(11-8-21-22-9-11)7-15(25)24(16)12-3-5-13(6-4-12)26-10-17(18,19)20/h2*3-9H,2,10H2,1H3,(H,21,22). The molecule has 0 radical (unpaired) electrons. The molecule has 0 bridgehead atoms. The smallest absolute Gasteiger partial charge is 0.422 e. The van der Waals surface area contributed by atoms with Gasteiger partial charge in [-0.15, -0.1) is 0 Å². The molecule has 284 valence electrons. The lowest BCUT2D eigenvalue weighted by atomic mass is 10.2. The minimum Gasteiger partial charge on any atom is -0.484 e. The van der Waals surface area contributed by atoms with Crippen LogP contribution in [0.3, 0.4) is 0 Å². The van der Waals surface area contributed by atoms with E-state index >= 15 is 0 Å². The molecule has 6 aromatic rings. The van der Waals surface area contributed by atoms with E-state index in [9.17, 15) is 35.9 Å². The number of ether oxygens (including phenoxy) is 3. The Bertz CT molecular complexity index is 2070. The van der Waals surface area contributed by atoms with Gasteiger partial charge in [0.25, 0.3) is 11.1 Å². The zero-order valence-corrected chi connectivity index (χ0v) is 29.1. The lowest BCUT2D eigenvalue weighted by molar-refractivity contribution is -0.154. The highest BCUT2D eigenvalue weighted by Gasteiger charge is 2.29. The lowest BCUT2D eigenvalue weighted by Crippen LogP contribution is -2.22. The summed E-state index contributed by atoms with van der Waals surface area (Å²) in [5.74, 6) is 0.787. The van der Waals surface area contributed by atoms with E-state index in [0.29, 0.717) is 44.8 Å². The first-order valence-corrected chi connectivity index (χ1v) is 16.8. The first-order valence-electron chi connectivity index (χ1n) is 15.9. The van der Waals surface area contributed by atoms with Crippen molar-refractivity contribution in [1.82, 2.24) is 39.5 Å². The van der Waals surface area contributed by atoms with Crippen LogP contribution in [0.5, 0.6) is 17.5 Å². The van der Waals surface area contributed by atoms with Gasteiger partial charge in [0.1, 0.15) is 11.5 Å². The molecule has 4 aromatic heterocycles. The van der Waals surface area contributed by atoms with E-state index in [1.54, 1.807) is 25.5 Å². The molecule has 0 amide bonds. The van der Waals surface area contributed by atoms with Crippen LogP contribution in [0.15, 0.2) is 100 Å². The number of hydrogen-bond acceptors (Lipinski definition) is 10. The number of nitrogens with zero attached hydrogens (tertiary/aromatic N) is 6. The minimum atomic E-state index is -4.43. The number of aromatic amines is 2. The van der Waals surface area contributed by atoms with Crippen LogP contribution in [0.4, 0.5) is 26.3 Å². The first kappa shape index (κ1) is 39.2. The Kier molecular flexibility index (Phi) is 12.5. The molecule has 6 rings (SSSR count). The maximum absolute atomic E-state index is 12.7. The summed E-state index contributed by atoms with van der Waals surface area (Å²) in [6, 6.07) is 14.2. The van der Waals surface area contributed by atoms with Crippen molar-refractivity contribution in [2.75, 3.05) is 25.6 Å². The van der Waals surface area contributed by atoms with Crippen molar-refractivity contribution >= 4 is 11.8 Å². The van der Waals surface area contributed by atoms with Gasteiger partial charge in [0, 0.05) is 35.7 Å². The van der Waals surface area contributed by atoms with E-state index in [0.717, 1.165) is 0 Å². The van der Waals surface area contributed by atoms with Crippen LogP contribution in [-0.4, -0.2) is 77.4 Å². The SMILES string of the molecule is CCOc1nc(-c2cn[nH]c2)cc(=O)n1-c1ccc(OCC(F)(F)F)cc1.CCSc1nc(-c2cn[nH]c2)cc(=O)n1-c1ccc(OCC(F)(F)F)cc1. The molecule has 0 spiro atoms. The van der Waals surface area contributed by atoms with Gasteiger partial charge in [-0.1, -0.05) is 18.7 Å². The van der Waals surface area contributed by atoms with Crippen LogP contribution in [0.25, 0.3) is 33.9 Å². The van der Waals surface area contributed by atoms with E-state index in [4.69, 9.17) is 9.47 Å². The molecule has 2 N–H and O–H groups in total. The molecular weight excluding hydrogens is 746 g/mol. The van der Waals surface area contributed by atoms with Crippen LogP contribution >= 0.6 is 11.8 Å². The third-order valence-electron chi connectivity index (χ3n) is 6.91. The van der Waals surface area contributed by atoms with Crippen molar-refractivity contribution in [2.45, 2.75) is 31.4 Å². The van der Waals surface area contributed by atoms with Crippen LogP contribution in [0.1, 0.15) is 13.8 Å². The van der Waals surface area contributed by atoms with Gasteiger partial charge in [-0.3, -0.25) is 24.4 Å². The second kappa shape index (κ2) is 17.2. The number of benzene rings is 2. The number of thioether (sulfide) groups is 1. The molecule has 0 aliphatic carbocycles. The van der Waals surface area contributed by atoms with Gasteiger partial charge in [-0.25, -0.2) is 9.55 Å². The summed E-state index contributed by atoms with van der Waals surface area (Å²) in [5.41, 5.74) is 2.35. The number of halogens is 6. The average Bonchev–Trinajstić information content (AvgIpc) is 3.87. The van der Waals surface area contributed by atoms with Crippen LogP contribution in [-0.2, 0) is 0 Å². The Hall–Kier alpha value is -6.05. The highest BCUT2D eigenvalue weighted by molar-refractivity contribution is 7.99. The Morgan fingerprint density at radius 1 is 0.667 bits per heavy atom. The summed E-state index contributed by atoms with van der Waals surface area (Å²) >= 11 is 1.38. The van der Waals surface area contributed by atoms with Crippen molar-refractivity contribution in [1.29, 1.82) is 0 Å². The summed E-state index contributed by atoms with van der Waals surface area (Å²) in [7, 11) is 0. The molecule has 13 nitrogen and oxygen atoms in total. The summed E-state index contributed by atoms with van der Waals surface area (Å²) in [4.78, 5) is 34.1. The zero-order valence-electron chi connectivity index (χ0n) is 28.3. The number of rotatable bonds is 12. The van der Waals surface area contributed by atoms with E-state index in [1.807, 2.05) is 6.92 Å². The molecule has 4 heterocycles. The fraction of sp³-hybridized carbons (Fsp3) is 0.235. The van der Waals surface area contributed by atoms with E-state index in [2.05, 4.69) is 35.1 Å². The van der Waals surface area contributed by atoms with E-state index in [1.165, 1.54) is 87.8 Å².